The molecule has 2 aromatic carbocycles. The summed E-state index contributed by atoms with van der Waals surface area (Å²) in [5, 5.41) is 0. The Morgan fingerprint density at radius 1 is 1.05 bits per heavy atom. The maximum Gasteiger partial charge on any atom is 0.278 e. The van der Waals surface area contributed by atoms with Crippen LogP contribution in [0.15, 0.2) is 53.3 Å². The molecule has 0 saturated carbocycles. The number of aromatic amines is 1. The van der Waals surface area contributed by atoms with Crippen molar-refractivity contribution < 1.29 is 9.18 Å². The van der Waals surface area contributed by atoms with Crippen molar-refractivity contribution in [1.29, 1.82) is 0 Å². The Kier molecular flexibility index (Phi) is 2.87. The second-order valence-corrected chi connectivity index (χ2v) is 4.27. The third kappa shape index (κ3) is 2.09. The summed E-state index contributed by atoms with van der Waals surface area (Å²) >= 11 is 0. The number of halogens is 1. The zero-order valence-electron chi connectivity index (χ0n) is 10.3. The fraction of sp³-hybridized carbons (Fsp3) is 0. The SMILES string of the molecule is O=C(c1ccc(F)cc1)c1nc2ccccc2[nH]c1=O. The molecule has 0 aliphatic rings. The van der Waals surface area contributed by atoms with Crippen molar-refractivity contribution in [2.75, 3.05) is 0 Å². The fourth-order valence-electron chi connectivity index (χ4n) is 1.92. The Labute approximate surface area is 112 Å². The van der Waals surface area contributed by atoms with Gasteiger partial charge in [-0.25, -0.2) is 9.37 Å². The van der Waals surface area contributed by atoms with Crippen LogP contribution in [0, 0.1) is 5.82 Å². The highest BCUT2D eigenvalue weighted by molar-refractivity contribution is 6.08. The molecular formula is C15H9FN2O2. The molecule has 3 aromatic rings. The maximum atomic E-state index is 12.8. The molecular weight excluding hydrogens is 259 g/mol. The second kappa shape index (κ2) is 4.70. The first-order valence-electron chi connectivity index (χ1n) is 5.94. The van der Waals surface area contributed by atoms with E-state index in [1.54, 1.807) is 24.3 Å². The van der Waals surface area contributed by atoms with Gasteiger partial charge in [0.1, 0.15) is 5.82 Å². The molecule has 98 valence electrons. The van der Waals surface area contributed by atoms with E-state index in [0.717, 1.165) is 0 Å². The lowest BCUT2D eigenvalue weighted by Crippen LogP contribution is -2.20. The molecule has 0 saturated heterocycles. The molecule has 1 aromatic heterocycles. The van der Waals surface area contributed by atoms with Gasteiger partial charge >= 0.3 is 0 Å². The summed E-state index contributed by atoms with van der Waals surface area (Å²) in [5.74, 6) is -0.973. The standard InChI is InChI=1S/C15H9FN2O2/c16-10-7-5-9(6-8-10)14(19)13-15(20)18-12-4-2-1-3-11(12)17-13/h1-8H,(H,18,20). The third-order valence-corrected chi connectivity index (χ3v) is 2.92. The number of H-pyrrole nitrogens is 1. The van der Waals surface area contributed by atoms with Crippen LogP contribution in [-0.4, -0.2) is 15.8 Å². The summed E-state index contributed by atoms with van der Waals surface area (Å²) in [5.41, 5.74) is 0.554. The molecule has 0 amide bonds. The first-order chi connectivity index (χ1) is 9.65. The van der Waals surface area contributed by atoms with Crippen molar-refractivity contribution >= 4 is 16.8 Å². The number of hydrogen-bond acceptors (Lipinski definition) is 3. The van der Waals surface area contributed by atoms with Crippen molar-refractivity contribution in [2.45, 2.75) is 0 Å². The van der Waals surface area contributed by atoms with E-state index < -0.39 is 17.2 Å². The predicted molar refractivity (Wildman–Crippen MR) is 72.2 cm³/mol. The molecule has 0 unspecified atom stereocenters. The van der Waals surface area contributed by atoms with Gasteiger partial charge in [0.15, 0.2) is 5.69 Å². The minimum absolute atomic E-state index is 0.199. The van der Waals surface area contributed by atoms with Crippen LogP contribution in [0.5, 0.6) is 0 Å². The van der Waals surface area contributed by atoms with E-state index in [2.05, 4.69) is 9.97 Å². The third-order valence-electron chi connectivity index (χ3n) is 2.92. The van der Waals surface area contributed by atoms with Gasteiger partial charge in [-0.3, -0.25) is 9.59 Å². The van der Waals surface area contributed by atoms with Gasteiger partial charge in [0.25, 0.3) is 5.56 Å². The highest BCUT2D eigenvalue weighted by atomic mass is 19.1. The van der Waals surface area contributed by atoms with Crippen molar-refractivity contribution in [3.63, 3.8) is 0 Å². The smallest absolute Gasteiger partial charge is 0.278 e. The van der Waals surface area contributed by atoms with Crippen LogP contribution in [0.25, 0.3) is 11.0 Å². The van der Waals surface area contributed by atoms with Crippen LogP contribution in [0.3, 0.4) is 0 Å². The molecule has 0 spiro atoms. The summed E-state index contributed by atoms with van der Waals surface area (Å²) in [7, 11) is 0. The van der Waals surface area contributed by atoms with Crippen LogP contribution < -0.4 is 5.56 Å². The molecule has 1 heterocycles. The van der Waals surface area contributed by atoms with Crippen LogP contribution in [0.1, 0.15) is 16.1 Å². The molecule has 5 heteroatoms. The van der Waals surface area contributed by atoms with Gasteiger partial charge in [-0.2, -0.15) is 0 Å². The zero-order valence-corrected chi connectivity index (χ0v) is 10.3. The summed E-state index contributed by atoms with van der Waals surface area (Å²) in [6, 6.07) is 11.9. The second-order valence-electron chi connectivity index (χ2n) is 4.27. The minimum Gasteiger partial charge on any atom is -0.319 e. The van der Waals surface area contributed by atoms with Gasteiger partial charge in [-0.1, -0.05) is 12.1 Å². The average Bonchev–Trinajstić information content (AvgIpc) is 2.46. The highest BCUT2D eigenvalue weighted by Gasteiger charge is 2.15. The van der Waals surface area contributed by atoms with Gasteiger partial charge < -0.3 is 4.98 Å². The van der Waals surface area contributed by atoms with E-state index in [9.17, 15) is 14.0 Å². The number of ketones is 1. The Morgan fingerprint density at radius 2 is 1.75 bits per heavy atom. The van der Waals surface area contributed by atoms with E-state index in [4.69, 9.17) is 0 Å². The normalized spacial score (nSPS) is 10.7. The van der Waals surface area contributed by atoms with Crippen LogP contribution >= 0.6 is 0 Å². The predicted octanol–water partition coefficient (Wildman–Crippen LogP) is 2.29. The minimum atomic E-state index is -0.557. The molecule has 0 bridgehead atoms. The van der Waals surface area contributed by atoms with E-state index in [1.807, 2.05) is 0 Å². The van der Waals surface area contributed by atoms with E-state index in [1.165, 1.54) is 24.3 Å². The Bertz CT molecular complexity index is 854. The van der Waals surface area contributed by atoms with Crippen molar-refractivity contribution in [3.05, 3.63) is 76.0 Å². The molecule has 0 aliphatic heterocycles. The van der Waals surface area contributed by atoms with Crippen molar-refractivity contribution in [2.24, 2.45) is 0 Å². The first kappa shape index (κ1) is 12.2. The van der Waals surface area contributed by atoms with E-state index in [0.29, 0.717) is 11.0 Å². The van der Waals surface area contributed by atoms with Gasteiger partial charge in [0.2, 0.25) is 5.78 Å². The monoisotopic (exact) mass is 268 g/mol. The number of carbonyl (C=O) groups excluding carboxylic acids is 1. The van der Waals surface area contributed by atoms with Gasteiger partial charge in [-0.15, -0.1) is 0 Å². The summed E-state index contributed by atoms with van der Waals surface area (Å²) in [4.78, 5) is 30.8. The lowest BCUT2D eigenvalue weighted by atomic mass is 10.1. The Hall–Kier alpha value is -2.82. The van der Waals surface area contributed by atoms with Crippen LogP contribution in [0.2, 0.25) is 0 Å². The van der Waals surface area contributed by atoms with Crippen LogP contribution in [0.4, 0.5) is 4.39 Å². The largest absolute Gasteiger partial charge is 0.319 e. The molecule has 0 fully saturated rings. The number of carbonyl (C=O) groups is 1. The fourth-order valence-corrected chi connectivity index (χ4v) is 1.92. The molecule has 0 radical (unpaired) electrons. The zero-order chi connectivity index (χ0) is 14.1. The lowest BCUT2D eigenvalue weighted by Gasteiger charge is -2.02. The number of fused-ring (bicyclic) bond motifs is 1. The molecule has 20 heavy (non-hydrogen) atoms. The van der Waals surface area contributed by atoms with Gasteiger partial charge in [0, 0.05) is 5.56 Å². The average molecular weight is 268 g/mol. The number of rotatable bonds is 2. The summed E-state index contributed by atoms with van der Waals surface area (Å²) < 4.78 is 12.8. The number of nitrogens with one attached hydrogen (secondary N) is 1. The number of nitrogens with zero attached hydrogens (tertiary/aromatic N) is 1. The number of aromatic nitrogens is 2. The topological polar surface area (TPSA) is 62.8 Å². The number of para-hydroxylation sites is 2. The van der Waals surface area contributed by atoms with E-state index in [-0.39, 0.29) is 11.3 Å². The summed E-state index contributed by atoms with van der Waals surface area (Å²) in [6.07, 6.45) is 0. The van der Waals surface area contributed by atoms with Gasteiger partial charge in [-0.05, 0) is 36.4 Å². The van der Waals surface area contributed by atoms with Crippen molar-refractivity contribution in [1.82, 2.24) is 9.97 Å². The molecule has 4 nitrogen and oxygen atoms in total. The summed E-state index contributed by atoms with van der Waals surface area (Å²) in [6.45, 7) is 0. The number of hydrogen-bond donors (Lipinski definition) is 1. The molecule has 3 rings (SSSR count). The van der Waals surface area contributed by atoms with Crippen LogP contribution in [-0.2, 0) is 0 Å². The highest BCUT2D eigenvalue weighted by Crippen LogP contribution is 2.10. The number of benzene rings is 2. The van der Waals surface area contributed by atoms with Gasteiger partial charge in [0.05, 0.1) is 11.0 Å². The maximum absolute atomic E-state index is 12.8. The lowest BCUT2D eigenvalue weighted by molar-refractivity contribution is 0.103. The Balaban J connectivity index is 2.14. The van der Waals surface area contributed by atoms with Crippen molar-refractivity contribution in [3.8, 4) is 0 Å². The van der Waals surface area contributed by atoms with E-state index >= 15 is 0 Å². The quantitative estimate of drug-likeness (QED) is 0.725. The molecule has 0 aliphatic carbocycles. The first-order valence-corrected chi connectivity index (χ1v) is 5.94. The molecule has 1 N–H and O–H groups in total. The Morgan fingerprint density at radius 3 is 2.50 bits per heavy atom. The molecule has 0 atom stereocenters.